The third-order valence-electron chi connectivity index (χ3n) is 5.20. The minimum atomic E-state index is -0.804. The van der Waals surface area contributed by atoms with Gasteiger partial charge in [-0.3, -0.25) is 9.59 Å². The molecule has 0 saturated carbocycles. The summed E-state index contributed by atoms with van der Waals surface area (Å²) in [5, 5.41) is 5.33. The van der Waals surface area contributed by atoms with Gasteiger partial charge in [0.25, 0.3) is 0 Å². The topological polar surface area (TPSA) is 123 Å². The lowest BCUT2D eigenvalue weighted by Gasteiger charge is -2.26. The Morgan fingerprint density at radius 2 is 1.65 bits per heavy atom. The molecule has 0 aliphatic heterocycles. The highest BCUT2D eigenvalue weighted by Crippen LogP contribution is 2.10. The van der Waals surface area contributed by atoms with E-state index >= 15 is 0 Å². The van der Waals surface area contributed by atoms with E-state index in [1.54, 1.807) is 39.6 Å². The molecule has 0 aliphatic rings. The number of ether oxygens (including phenoxy) is 3. The molecular weight excluding hydrogens is 478 g/mol. The van der Waals surface area contributed by atoms with E-state index in [4.69, 9.17) is 14.2 Å². The van der Waals surface area contributed by atoms with E-state index in [0.717, 1.165) is 18.4 Å². The van der Waals surface area contributed by atoms with Crippen LogP contribution >= 0.6 is 0 Å². The van der Waals surface area contributed by atoms with Gasteiger partial charge in [-0.05, 0) is 58.9 Å². The van der Waals surface area contributed by atoms with Gasteiger partial charge in [-0.25, -0.2) is 9.59 Å². The number of benzene rings is 1. The molecule has 1 aromatic carbocycles. The summed E-state index contributed by atoms with van der Waals surface area (Å²) in [6.45, 7) is 8.31. The summed E-state index contributed by atoms with van der Waals surface area (Å²) in [5.74, 6) is -0.464. The van der Waals surface area contributed by atoms with Crippen LogP contribution in [0.1, 0.15) is 71.8 Å². The van der Waals surface area contributed by atoms with Crippen molar-refractivity contribution < 1.29 is 33.4 Å². The third-order valence-corrected chi connectivity index (χ3v) is 5.20. The van der Waals surface area contributed by atoms with Gasteiger partial charge in [0.05, 0.1) is 6.61 Å². The minimum Gasteiger partial charge on any atom is -0.466 e. The van der Waals surface area contributed by atoms with Gasteiger partial charge < -0.3 is 29.7 Å². The van der Waals surface area contributed by atoms with Crippen molar-refractivity contribution in [2.45, 2.75) is 84.5 Å². The molecule has 0 aromatic heterocycles. The van der Waals surface area contributed by atoms with Crippen LogP contribution in [0.25, 0.3) is 0 Å². The normalized spacial score (nSPS) is 11.7. The van der Waals surface area contributed by atoms with Gasteiger partial charge in [-0.2, -0.15) is 0 Å². The first kappa shape index (κ1) is 31.7. The van der Waals surface area contributed by atoms with Gasteiger partial charge in [0.2, 0.25) is 5.91 Å². The zero-order chi connectivity index (χ0) is 27.7. The van der Waals surface area contributed by atoms with Crippen LogP contribution in [0.5, 0.6) is 0 Å². The van der Waals surface area contributed by atoms with Crippen molar-refractivity contribution in [2.24, 2.45) is 0 Å². The Hall–Kier alpha value is -3.30. The number of carbonyl (C=O) groups excluding carboxylic acids is 4. The first-order valence-electron chi connectivity index (χ1n) is 12.9. The van der Waals surface area contributed by atoms with E-state index in [-0.39, 0.29) is 25.0 Å². The number of alkyl carbamates (subject to hydrolysis) is 2. The Morgan fingerprint density at radius 3 is 2.30 bits per heavy atom. The molecule has 0 fully saturated rings. The Kier molecular flexibility index (Phi) is 14.8. The molecule has 1 rings (SSSR count). The number of unbranched alkanes of at least 4 members (excludes halogenated alkanes) is 2. The lowest BCUT2D eigenvalue weighted by atomic mass is 10.1. The van der Waals surface area contributed by atoms with E-state index < -0.39 is 23.8 Å². The molecule has 0 aliphatic carbocycles. The van der Waals surface area contributed by atoms with Crippen LogP contribution in [0.4, 0.5) is 9.59 Å². The Balaban J connectivity index is 2.51. The predicted octanol–water partition coefficient (Wildman–Crippen LogP) is 4.17. The maximum Gasteiger partial charge on any atom is 0.408 e. The van der Waals surface area contributed by atoms with E-state index in [1.807, 2.05) is 30.3 Å². The predicted molar refractivity (Wildman–Crippen MR) is 140 cm³/mol. The highest BCUT2D eigenvalue weighted by atomic mass is 16.6. The zero-order valence-electron chi connectivity index (χ0n) is 22.8. The molecule has 1 aromatic rings. The van der Waals surface area contributed by atoms with Crippen LogP contribution in [0.15, 0.2) is 30.3 Å². The number of likely N-dealkylation sites (N-methyl/N-ethyl adjacent to an activating group) is 1. The molecule has 1 atom stereocenters. The van der Waals surface area contributed by atoms with Crippen molar-refractivity contribution in [2.75, 3.05) is 26.7 Å². The van der Waals surface area contributed by atoms with Crippen LogP contribution < -0.4 is 10.6 Å². The van der Waals surface area contributed by atoms with Gasteiger partial charge >= 0.3 is 18.2 Å². The minimum absolute atomic E-state index is 0.165. The molecule has 0 radical (unpaired) electrons. The van der Waals surface area contributed by atoms with Crippen molar-refractivity contribution in [3.8, 4) is 0 Å². The van der Waals surface area contributed by atoms with Gasteiger partial charge in [-0.15, -0.1) is 0 Å². The van der Waals surface area contributed by atoms with E-state index in [0.29, 0.717) is 38.8 Å². The molecule has 208 valence electrons. The fourth-order valence-electron chi connectivity index (χ4n) is 3.38. The number of nitrogens with zero attached hydrogens (tertiary/aromatic N) is 1. The fraction of sp³-hybridized carbons (Fsp3) is 0.630. The standard InChI is InChI=1S/C27H43N3O7/c1-6-35-23(31)17-11-8-12-19-30(5)24(32)22(29-26(34)37-27(2,3)4)16-13-18-28-25(33)36-20-21-14-9-7-10-15-21/h7,9-10,14-15,22H,6,8,11-13,16-20H2,1-5H3,(H,28,33)(H,29,34)/t22-/m0/s1. The van der Waals surface area contributed by atoms with Gasteiger partial charge in [0.1, 0.15) is 18.2 Å². The van der Waals surface area contributed by atoms with Gasteiger partial charge in [0.15, 0.2) is 0 Å². The van der Waals surface area contributed by atoms with Crippen molar-refractivity contribution in [3.05, 3.63) is 35.9 Å². The Labute approximate surface area is 220 Å². The second-order valence-corrected chi connectivity index (χ2v) is 9.71. The Morgan fingerprint density at radius 1 is 0.946 bits per heavy atom. The summed E-state index contributed by atoms with van der Waals surface area (Å²) in [7, 11) is 1.68. The van der Waals surface area contributed by atoms with Crippen molar-refractivity contribution >= 4 is 24.1 Å². The highest BCUT2D eigenvalue weighted by Gasteiger charge is 2.26. The average molecular weight is 522 g/mol. The highest BCUT2D eigenvalue weighted by molar-refractivity contribution is 5.85. The maximum absolute atomic E-state index is 13.1. The molecule has 0 bridgehead atoms. The number of nitrogens with one attached hydrogen (secondary N) is 2. The van der Waals surface area contributed by atoms with Crippen molar-refractivity contribution in [1.29, 1.82) is 0 Å². The average Bonchev–Trinajstić information content (AvgIpc) is 2.83. The molecule has 2 N–H and O–H groups in total. The molecule has 10 heteroatoms. The molecule has 37 heavy (non-hydrogen) atoms. The number of amides is 3. The summed E-state index contributed by atoms with van der Waals surface area (Å²) in [6, 6.07) is 8.54. The third kappa shape index (κ3) is 15.4. The smallest absolute Gasteiger partial charge is 0.408 e. The number of esters is 1. The van der Waals surface area contributed by atoms with Crippen LogP contribution in [-0.2, 0) is 30.4 Å². The number of hydrogen-bond acceptors (Lipinski definition) is 7. The van der Waals surface area contributed by atoms with Crippen LogP contribution in [0.2, 0.25) is 0 Å². The fourth-order valence-corrected chi connectivity index (χ4v) is 3.38. The molecule has 0 unspecified atom stereocenters. The van der Waals surface area contributed by atoms with Gasteiger partial charge in [-0.1, -0.05) is 36.8 Å². The summed E-state index contributed by atoms with van der Waals surface area (Å²) in [4.78, 5) is 50.4. The Bertz CT molecular complexity index is 840. The molecular formula is C27H43N3O7. The SMILES string of the molecule is CCOC(=O)CCCCCN(C)C(=O)[C@H](CCCNC(=O)OCc1ccccc1)NC(=O)OC(C)(C)C. The van der Waals surface area contributed by atoms with E-state index in [1.165, 1.54) is 0 Å². The van der Waals surface area contributed by atoms with Crippen molar-refractivity contribution in [3.63, 3.8) is 0 Å². The van der Waals surface area contributed by atoms with Crippen LogP contribution in [0, 0.1) is 0 Å². The maximum atomic E-state index is 13.1. The van der Waals surface area contributed by atoms with Gasteiger partial charge in [0, 0.05) is 26.6 Å². The largest absolute Gasteiger partial charge is 0.466 e. The second-order valence-electron chi connectivity index (χ2n) is 9.71. The van der Waals surface area contributed by atoms with E-state index in [2.05, 4.69) is 10.6 Å². The molecule has 0 saturated heterocycles. The van der Waals surface area contributed by atoms with E-state index in [9.17, 15) is 19.2 Å². The molecule has 3 amide bonds. The quantitative estimate of drug-likeness (QED) is 0.202. The number of rotatable bonds is 15. The van der Waals surface area contributed by atoms with Crippen molar-refractivity contribution in [1.82, 2.24) is 15.5 Å². The zero-order valence-corrected chi connectivity index (χ0v) is 22.8. The summed E-state index contributed by atoms with van der Waals surface area (Å²) >= 11 is 0. The lowest BCUT2D eigenvalue weighted by Crippen LogP contribution is -2.49. The monoisotopic (exact) mass is 521 g/mol. The molecule has 0 spiro atoms. The summed E-state index contributed by atoms with van der Waals surface area (Å²) < 4.78 is 15.4. The first-order chi connectivity index (χ1) is 17.5. The van der Waals surface area contributed by atoms with Crippen LogP contribution in [0.3, 0.4) is 0 Å². The molecule has 10 nitrogen and oxygen atoms in total. The number of carbonyl (C=O) groups is 4. The first-order valence-corrected chi connectivity index (χ1v) is 12.9. The number of hydrogen-bond donors (Lipinski definition) is 2. The van der Waals surface area contributed by atoms with Crippen LogP contribution in [-0.4, -0.2) is 67.3 Å². The molecule has 0 heterocycles. The summed E-state index contributed by atoms with van der Waals surface area (Å²) in [5.41, 5.74) is 0.181. The summed E-state index contributed by atoms with van der Waals surface area (Å²) in [6.07, 6.45) is 2.06. The second kappa shape index (κ2) is 17.2. The lowest BCUT2D eigenvalue weighted by molar-refractivity contribution is -0.143.